The van der Waals surface area contributed by atoms with E-state index in [2.05, 4.69) is 10.3 Å². The molecule has 2 aromatic carbocycles. The number of carbonyl (C=O) groups is 3. The van der Waals surface area contributed by atoms with Gasteiger partial charge in [-0.3, -0.25) is 14.4 Å². The number of aliphatic hydroxyl groups is 1. The van der Waals surface area contributed by atoms with Crippen LogP contribution >= 0.6 is 0 Å². The van der Waals surface area contributed by atoms with Crippen LogP contribution in [0, 0.1) is 6.92 Å². The van der Waals surface area contributed by atoms with Crippen molar-refractivity contribution >= 4 is 17.7 Å². The first kappa shape index (κ1) is 30.2. The van der Waals surface area contributed by atoms with E-state index in [0.717, 1.165) is 16.8 Å². The Morgan fingerprint density at radius 2 is 1.84 bits per heavy atom. The summed E-state index contributed by atoms with van der Waals surface area (Å²) in [6.07, 6.45) is 1.25. The summed E-state index contributed by atoms with van der Waals surface area (Å²) in [4.78, 5) is 47.4. The molecule has 0 aliphatic carbocycles. The molecule has 1 fully saturated rings. The number of hydrogen-bond acceptors (Lipinski definition) is 7. The third kappa shape index (κ3) is 8.18. The largest absolute Gasteiger partial charge is 0.457 e. The molecule has 0 unspecified atom stereocenters. The maximum atomic E-state index is 13.4. The number of carbonyl (C=O) groups excluding carboxylic acids is 3. The molecule has 10 nitrogen and oxygen atoms in total. The number of aryl methyl sites for hydroxylation is 2. The Labute approximate surface area is 251 Å². The minimum absolute atomic E-state index is 0.0871. The molecular weight excluding hydrogens is 548 g/mol. The van der Waals surface area contributed by atoms with Gasteiger partial charge in [0.15, 0.2) is 0 Å². The molecule has 226 valence electrons. The number of benzene rings is 2. The fraction of sp³-hybridized carbons (Fsp3) is 0.394. The number of amides is 3. The van der Waals surface area contributed by atoms with Gasteiger partial charge < -0.3 is 29.7 Å². The fourth-order valence-electron chi connectivity index (χ4n) is 5.43. The molecule has 6 rings (SSSR count). The number of nitrogens with one attached hydrogen (secondary N) is 1. The van der Waals surface area contributed by atoms with Gasteiger partial charge in [-0.2, -0.15) is 0 Å². The first-order chi connectivity index (χ1) is 20.9. The molecule has 0 saturated carbocycles. The second kappa shape index (κ2) is 14.3. The van der Waals surface area contributed by atoms with Crippen LogP contribution in [0.4, 0.5) is 0 Å². The van der Waals surface area contributed by atoms with Crippen LogP contribution in [0.5, 0.6) is 11.5 Å². The Morgan fingerprint density at radius 3 is 2.63 bits per heavy atom. The zero-order valence-corrected chi connectivity index (χ0v) is 24.4. The Bertz CT molecular complexity index is 1430. The Morgan fingerprint density at radius 1 is 1.02 bits per heavy atom. The Balaban J connectivity index is 1.38. The predicted molar refractivity (Wildman–Crippen MR) is 160 cm³/mol. The highest BCUT2D eigenvalue weighted by Gasteiger charge is 2.34. The monoisotopic (exact) mass is 586 g/mol. The van der Waals surface area contributed by atoms with Gasteiger partial charge in [0.1, 0.15) is 17.2 Å². The highest BCUT2D eigenvalue weighted by atomic mass is 16.5. The molecule has 4 bridgehead atoms. The van der Waals surface area contributed by atoms with Crippen molar-refractivity contribution in [2.45, 2.75) is 51.4 Å². The maximum Gasteiger partial charge on any atom is 0.272 e. The van der Waals surface area contributed by atoms with E-state index in [1.807, 2.05) is 61.5 Å². The molecule has 3 aliphatic heterocycles. The van der Waals surface area contributed by atoms with Crippen molar-refractivity contribution in [2.75, 3.05) is 32.8 Å². The van der Waals surface area contributed by atoms with Gasteiger partial charge in [-0.25, -0.2) is 4.98 Å². The fourth-order valence-corrected chi connectivity index (χ4v) is 5.43. The van der Waals surface area contributed by atoms with Gasteiger partial charge in [0, 0.05) is 38.4 Å². The summed E-state index contributed by atoms with van der Waals surface area (Å²) in [5, 5.41) is 12.5. The maximum absolute atomic E-state index is 13.4. The lowest BCUT2D eigenvalue weighted by molar-refractivity contribution is -0.137. The van der Waals surface area contributed by atoms with Gasteiger partial charge in [0.25, 0.3) is 5.91 Å². The van der Waals surface area contributed by atoms with Crippen LogP contribution in [0.3, 0.4) is 0 Å². The zero-order valence-electron chi connectivity index (χ0n) is 24.4. The first-order valence-electron chi connectivity index (χ1n) is 14.8. The number of fused-ring (bicyclic) bond motifs is 9. The third-order valence-electron chi connectivity index (χ3n) is 7.71. The minimum Gasteiger partial charge on any atom is -0.457 e. The summed E-state index contributed by atoms with van der Waals surface area (Å²) in [5.74, 6) is 0.647. The number of pyridine rings is 1. The number of piperidine rings is 1. The molecular formula is C33H38N4O6. The molecule has 3 aliphatic rings. The number of ether oxygens (including phenoxy) is 2. The lowest BCUT2D eigenvalue weighted by atomic mass is 10.0. The number of aromatic nitrogens is 1. The molecule has 1 saturated heterocycles. The van der Waals surface area contributed by atoms with Gasteiger partial charge >= 0.3 is 0 Å². The number of likely N-dealkylation sites (tertiary alicyclic amines) is 1. The summed E-state index contributed by atoms with van der Waals surface area (Å²) in [6.45, 7) is 2.85. The van der Waals surface area contributed by atoms with E-state index < -0.39 is 6.04 Å². The van der Waals surface area contributed by atoms with Crippen molar-refractivity contribution in [1.82, 2.24) is 20.1 Å². The van der Waals surface area contributed by atoms with Gasteiger partial charge in [-0.05, 0) is 73.7 Å². The molecule has 3 aromatic rings. The van der Waals surface area contributed by atoms with Crippen LogP contribution in [0.25, 0.3) is 0 Å². The highest BCUT2D eigenvalue weighted by Crippen LogP contribution is 2.25. The lowest BCUT2D eigenvalue weighted by Crippen LogP contribution is -2.58. The van der Waals surface area contributed by atoms with Crippen LogP contribution in [-0.4, -0.2) is 82.5 Å². The third-order valence-corrected chi connectivity index (χ3v) is 7.71. The predicted octanol–water partition coefficient (Wildman–Crippen LogP) is 3.26. The summed E-state index contributed by atoms with van der Waals surface area (Å²) in [7, 11) is 0. The topological polar surface area (TPSA) is 121 Å². The molecule has 2 N–H and O–H groups in total. The molecule has 3 amide bonds. The molecule has 2 atom stereocenters. The van der Waals surface area contributed by atoms with Crippen LogP contribution < -0.4 is 10.1 Å². The summed E-state index contributed by atoms with van der Waals surface area (Å²) < 4.78 is 12.4. The molecule has 0 radical (unpaired) electrons. The minimum atomic E-state index is -0.498. The van der Waals surface area contributed by atoms with Crippen molar-refractivity contribution in [1.29, 1.82) is 0 Å². The first-order valence-corrected chi connectivity index (χ1v) is 14.8. The van der Waals surface area contributed by atoms with Crippen LogP contribution in [-0.2, 0) is 27.4 Å². The molecule has 0 spiro atoms. The second-order valence-electron chi connectivity index (χ2n) is 11.0. The summed E-state index contributed by atoms with van der Waals surface area (Å²) >= 11 is 0. The molecule has 4 heterocycles. The van der Waals surface area contributed by atoms with Crippen LogP contribution in [0.15, 0.2) is 66.7 Å². The molecule has 10 heteroatoms. The van der Waals surface area contributed by atoms with E-state index in [9.17, 15) is 19.5 Å². The quantitative estimate of drug-likeness (QED) is 0.482. The van der Waals surface area contributed by atoms with Gasteiger partial charge in [-0.15, -0.1) is 0 Å². The Kier molecular flexibility index (Phi) is 10.0. The van der Waals surface area contributed by atoms with Crippen LogP contribution in [0.2, 0.25) is 0 Å². The van der Waals surface area contributed by atoms with Crippen molar-refractivity contribution in [3.05, 3.63) is 89.2 Å². The number of nitrogens with zero attached hydrogens (tertiary/aromatic N) is 3. The highest BCUT2D eigenvalue weighted by molar-refractivity contribution is 5.92. The van der Waals surface area contributed by atoms with Crippen molar-refractivity contribution in [2.24, 2.45) is 0 Å². The van der Waals surface area contributed by atoms with E-state index in [1.165, 1.54) is 4.90 Å². The standard InChI is InChI=1S/C33H38N4O6/c1-23-5-2-8-28(34-23)33(41)37-17-15-30-29(20-37)35-31(39)21-36(16-4-18-38)32(40)14-11-24-9-12-26(13-10-24)43-27-7-3-6-25(19-27)22-42-30/h2-3,5-10,12-13,19,29-30,38H,4,11,14-18,20-22H2,1H3,(H,35,39)/t29-,30-/m0/s1. The number of rotatable bonds is 4. The van der Waals surface area contributed by atoms with Crippen molar-refractivity contribution in [3.8, 4) is 11.5 Å². The zero-order chi connectivity index (χ0) is 30.2. The van der Waals surface area contributed by atoms with Crippen LogP contribution in [0.1, 0.15) is 46.6 Å². The normalized spacial score (nSPS) is 19.9. The van der Waals surface area contributed by atoms with Gasteiger partial charge in [0.05, 0.1) is 25.3 Å². The SMILES string of the molecule is Cc1cccc(C(=O)N2CC[C@@H]3OCc4cccc(c4)Oc4ccc(cc4)CCC(=O)N(CCCO)CC(=O)N[C@H]3C2)n1. The Hall–Kier alpha value is -4.28. The van der Waals surface area contributed by atoms with Gasteiger partial charge in [-0.1, -0.05) is 30.3 Å². The lowest BCUT2D eigenvalue weighted by Gasteiger charge is -2.39. The molecule has 43 heavy (non-hydrogen) atoms. The van der Waals surface area contributed by atoms with E-state index >= 15 is 0 Å². The smallest absolute Gasteiger partial charge is 0.272 e. The van der Waals surface area contributed by atoms with E-state index in [-0.39, 0.29) is 56.5 Å². The van der Waals surface area contributed by atoms with E-state index in [1.54, 1.807) is 17.0 Å². The number of aliphatic hydroxyl groups excluding tert-OH is 1. The molecule has 1 aromatic heterocycles. The van der Waals surface area contributed by atoms with Crippen molar-refractivity contribution in [3.63, 3.8) is 0 Å². The van der Waals surface area contributed by atoms with Gasteiger partial charge in [0.2, 0.25) is 11.8 Å². The van der Waals surface area contributed by atoms with Crippen molar-refractivity contribution < 1.29 is 29.0 Å². The van der Waals surface area contributed by atoms with E-state index in [0.29, 0.717) is 49.6 Å². The average molecular weight is 587 g/mol. The average Bonchev–Trinajstić information content (AvgIpc) is 3.01. The summed E-state index contributed by atoms with van der Waals surface area (Å²) in [6, 6.07) is 20.1. The summed E-state index contributed by atoms with van der Waals surface area (Å²) in [5.41, 5.74) is 3.00. The number of hydrogen-bond donors (Lipinski definition) is 2. The van der Waals surface area contributed by atoms with E-state index in [4.69, 9.17) is 9.47 Å². The second-order valence-corrected chi connectivity index (χ2v) is 11.0.